The molecule has 0 aromatic heterocycles. The van der Waals surface area contributed by atoms with E-state index in [-0.39, 0.29) is 22.9 Å². The molecule has 8 heteroatoms. The molecule has 5 nitrogen and oxygen atoms in total. The molecule has 2 aromatic rings. The van der Waals surface area contributed by atoms with Gasteiger partial charge in [0.2, 0.25) is 10.0 Å². The minimum atomic E-state index is -3.68. The minimum absolute atomic E-state index is 0.0219. The van der Waals surface area contributed by atoms with Crippen LogP contribution in [-0.4, -0.2) is 27.4 Å². The molecule has 0 aliphatic rings. The van der Waals surface area contributed by atoms with Crippen molar-refractivity contribution in [1.29, 1.82) is 0 Å². The van der Waals surface area contributed by atoms with Gasteiger partial charge in [0.1, 0.15) is 0 Å². The largest absolute Gasteiger partial charge is 0.352 e. The second-order valence-electron chi connectivity index (χ2n) is 5.45. The first-order chi connectivity index (χ1) is 12.3. The van der Waals surface area contributed by atoms with Crippen LogP contribution in [0, 0.1) is 0 Å². The second kappa shape index (κ2) is 9.19. The van der Waals surface area contributed by atoms with Gasteiger partial charge in [-0.15, -0.1) is 6.58 Å². The lowest BCUT2D eigenvalue weighted by Gasteiger charge is -2.09. The predicted molar refractivity (Wildman–Crippen MR) is 104 cm³/mol. The summed E-state index contributed by atoms with van der Waals surface area (Å²) < 4.78 is 26.6. The maximum Gasteiger partial charge on any atom is 0.251 e. The van der Waals surface area contributed by atoms with Crippen molar-refractivity contribution in [3.63, 3.8) is 0 Å². The number of nitrogens with one attached hydrogen (secondary N) is 2. The maximum atomic E-state index is 12.3. The summed E-state index contributed by atoms with van der Waals surface area (Å²) in [7, 11) is -3.68. The van der Waals surface area contributed by atoms with Gasteiger partial charge in [-0.25, -0.2) is 13.1 Å². The van der Waals surface area contributed by atoms with Crippen molar-refractivity contribution >= 4 is 39.1 Å². The number of hydrogen-bond donors (Lipinski definition) is 2. The summed E-state index contributed by atoms with van der Waals surface area (Å²) in [4.78, 5) is 12.3. The molecule has 0 saturated heterocycles. The second-order valence-corrected chi connectivity index (χ2v) is 8.09. The normalized spacial score (nSPS) is 11.2. The van der Waals surface area contributed by atoms with E-state index in [0.717, 1.165) is 5.56 Å². The fourth-order valence-corrected chi connectivity index (χ4v) is 3.85. The van der Waals surface area contributed by atoms with Crippen molar-refractivity contribution in [2.24, 2.45) is 0 Å². The lowest BCUT2D eigenvalue weighted by Crippen LogP contribution is -2.27. The van der Waals surface area contributed by atoms with Crippen molar-refractivity contribution in [2.75, 3.05) is 13.1 Å². The Kier molecular flexibility index (Phi) is 7.23. The van der Waals surface area contributed by atoms with E-state index >= 15 is 0 Å². The molecule has 0 aliphatic heterocycles. The number of sulfonamides is 1. The number of carbonyl (C=O) groups is 1. The highest BCUT2D eigenvalue weighted by molar-refractivity contribution is 7.89. The van der Waals surface area contributed by atoms with Gasteiger partial charge in [0, 0.05) is 28.7 Å². The Morgan fingerprint density at radius 2 is 1.81 bits per heavy atom. The van der Waals surface area contributed by atoms with Gasteiger partial charge < -0.3 is 5.32 Å². The van der Waals surface area contributed by atoms with Crippen LogP contribution in [0.2, 0.25) is 10.0 Å². The number of amides is 1. The van der Waals surface area contributed by atoms with Crippen LogP contribution in [0.1, 0.15) is 15.9 Å². The molecule has 138 valence electrons. The van der Waals surface area contributed by atoms with Gasteiger partial charge in [-0.3, -0.25) is 4.79 Å². The van der Waals surface area contributed by atoms with Gasteiger partial charge in [0.25, 0.3) is 5.91 Å². The third-order valence-corrected chi connectivity index (χ3v) is 5.30. The third kappa shape index (κ3) is 5.85. The SMILES string of the molecule is C=CCNS(=O)(=O)c1cccc(C(=O)NCCc2cc(Cl)cc(Cl)c2)c1. The van der Waals surface area contributed by atoms with Gasteiger partial charge in [-0.05, 0) is 48.4 Å². The summed E-state index contributed by atoms with van der Waals surface area (Å²) in [5.74, 6) is -0.362. The summed E-state index contributed by atoms with van der Waals surface area (Å²) in [6.07, 6.45) is 1.99. The summed E-state index contributed by atoms with van der Waals surface area (Å²) in [5, 5.41) is 3.81. The molecule has 0 unspecified atom stereocenters. The standard InChI is InChI=1S/C18H18Cl2N2O3S/c1-2-7-22-26(24,25)17-5-3-4-14(11-17)18(23)21-8-6-13-9-15(19)12-16(20)10-13/h2-5,9-12,22H,1,6-8H2,(H,21,23). The highest BCUT2D eigenvalue weighted by Crippen LogP contribution is 2.19. The molecule has 2 N–H and O–H groups in total. The highest BCUT2D eigenvalue weighted by atomic mass is 35.5. The number of rotatable bonds is 8. The van der Waals surface area contributed by atoms with Crippen LogP contribution in [0.3, 0.4) is 0 Å². The molecule has 2 aromatic carbocycles. The minimum Gasteiger partial charge on any atom is -0.352 e. The first kappa shape index (κ1) is 20.5. The van der Waals surface area contributed by atoms with E-state index in [2.05, 4.69) is 16.6 Å². The first-order valence-corrected chi connectivity index (χ1v) is 9.99. The molecule has 0 radical (unpaired) electrons. The van der Waals surface area contributed by atoms with E-state index in [1.807, 2.05) is 0 Å². The van der Waals surface area contributed by atoms with Crippen LogP contribution in [0.5, 0.6) is 0 Å². The fourth-order valence-electron chi connectivity index (χ4n) is 2.23. The van der Waals surface area contributed by atoms with Crippen molar-refractivity contribution < 1.29 is 13.2 Å². The van der Waals surface area contributed by atoms with Crippen molar-refractivity contribution in [3.8, 4) is 0 Å². The zero-order valence-corrected chi connectivity index (χ0v) is 16.2. The molecule has 0 aliphatic carbocycles. The topological polar surface area (TPSA) is 75.3 Å². The molecule has 1 amide bonds. The summed E-state index contributed by atoms with van der Waals surface area (Å²) >= 11 is 11.9. The van der Waals surface area contributed by atoms with E-state index in [0.29, 0.717) is 23.0 Å². The van der Waals surface area contributed by atoms with E-state index in [4.69, 9.17) is 23.2 Å². The highest BCUT2D eigenvalue weighted by Gasteiger charge is 2.15. The molecule has 0 bridgehead atoms. The Morgan fingerprint density at radius 3 is 2.46 bits per heavy atom. The number of carbonyl (C=O) groups excluding carboxylic acids is 1. The van der Waals surface area contributed by atoms with Crippen molar-refractivity contribution in [1.82, 2.24) is 10.0 Å². The maximum absolute atomic E-state index is 12.3. The lowest BCUT2D eigenvalue weighted by atomic mass is 10.1. The molecular formula is C18H18Cl2N2O3S. The zero-order chi connectivity index (χ0) is 19.2. The Bertz CT molecular complexity index is 894. The molecule has 26 heavy (non-hydrogen) atoms. The quantitative estimate of drug-likeness (QED) is 0.652. The Balaban J connectivity index is 2.01. The monoisotopic (exact) mass is 412 g/mol. The molecule has 0 saturated carbocycles. The van der Waals surface area contributed by atoms with Gasteiger partial charge >= 0.3 is 0 Å². The van der Waals surface area contributed by atoms with E-state index in [1.165, 1.54) is 24.3 Å². The van der Waals surface area contributed by atoms with Gasteiger partial charge in [-0.2, -0.15) is 0 Å². The fraction of sp³-hybridized carbons (Fsp3) is 0.167. The van der Waals surface area contributed by atoms with Crippen LogP contribution in [0.25, 0.3) is 0 Å². The molecule has 0 atom stereocenters. The number of halogens is 2. The summed E-state index contributed by atoms with van der Waals surface area (Å²) in [6, 6.07) is 11.0. The summed E-state index contributed by atoms with van der Waals surface area (Å²) in [5.41, 5.74) is 1.16. The van der Waals surface area contributed by atoms with E-state index in [1.54, 1.807) is 24.3 Å². The van der Waals surface area contributed by atoms with Crippen molar-refractivity contribution in [2.45, 2.75) is 11.3 Å². The van der Waals surface area contributed by atoms with E-state index < -0.39 is 10.0 Å². The summed E-state index contributed by atoms with van der Waals surface area (Å²) in [6.45, 7) is 3.94. The van der Waals surface area contributed by atoms with Gasteiger partial charge in [0.15, 0.2) is 0 Å². The average molecular weight is 413 g/mol. The molecule has 2 rings (SSSR count). The van der Waals surface area contributed by atoms with E-state index in [9.17, 15) is 13.2 Å². The van der Waals surface area contributed by atoms with Crippen LogP contribution in [0.15, 0.2) is 60.0 Å². The van der Waals surface area contributed by atoms with Crippen LogP contribution in [0.4, 0.5) is 0 Å². The zero-order valence-electron chi connectivity index (χ0n) is 13.8. The average Bonchev–Trinajstić information content (AvgIpc) is 2.59. The van der Waals surface area contributed by atoms with Crippen LogP contribution in [-0.2, 0) is 16.4 Å². The Hall–Kier alpha value is -1.86. The third-order valence-electron chi connectivity index (χ3n) is 3.45. The first-order valence-electron chi connectivity index (χ1n) is 7.75. The molecule has 0 spiro atoms. The van der Waals surface area contributed by atoms with Gasteiger partial charge in [0.05, 0.1) is 4.90 Å². The van der Waals surface area contributed by atoms with Crippen LogP contribution >= 0.6 is 23.2 Å². The smallest absolute Gasteiger partial charge is 0.251 e. The lowest BCUT2D eigenvalue weighted by molar-refractivity contribution is 0.0954. The number of hydrogen-bond acceptors (Lipinski definition) is 3. The predicted octanol–water partition coefficient (Wildman–Crippen LogP) is 3.43. The number of benzene rings is 2. The van der Waals surface area contributed by atoms with Crippen LogP contribution < -0.4 is 10.0 Å². The van der Waals surface area contributed by atoms with Gasteiger partial charge in [-0.1, -0.05) is 35.3 Å². The molecular weight excluding hydrogens is 395 g/mol. The van der Waals surface area contributed by atoms with Crippen molar-refractivity contribution in [3.05, 3.63) is 76.3 Å². The molecule has 0 fully saturated rings. The molecule has 0 heterocycles. The Morgan fingerprint density at radius 1 is 1.12 bits per heavy atom. The Labute approximate surface area is 163 Å².